The Morgan fingerprint density at radius 3 is 1.80 bits per heavy atom. The maximum Gasteiger partial charge on any atom is 0.0626 e. The van der Waals surface area contributed by atoms with Gasteiger partial charge in [-0.25, -0.2) is 0 Å². The van der Waals surface area contributed by atoms with E-state index in [1.54, 1.807) is 0 Å². The minimum absolute atomic E-state index is 0.182. The van der Waals surface area contributed by atoms with E-state index in [1.807, 2.05) is 0 Å². The Morgan fingerprint density at radius 1 is 0.357 bits per heavy atom. The quantitative estimate of drug-likeness (QED) is 0.161. The highest BCUT2D eigenvalue weighted by Crippen LogP contribution is 2.52. The third kappa shape index (κ3) is 4.26. The van der Waals surface area contributed by atoms with Gasteiger partial charge >= 0.3 is 0 Å². The molecule has 0 saturated heterocycles. The average molecular weight is 712 g/mol. The molecule has 0 aliphatic heterocycles. The molecule has 0 bridgehead atoms. The molecule has 0 amide bonds. The van der Waals surface area contributed by atoms with Crippen LogP contribution in [0.2, 0.25) is 0 Å². The third-order valence-corrected chi connectivity index (χ3v) is 12.7. The predicted molar refractivity (Wildman–Crippen MR) is 239 cm³/mol. The molecule has 0 saturated carbocycles. The van der Waals surface area contributed by atoms with Crippen molar-refractivity contribution in [2.75, 3.05) is 0 Å². The molecule has 0 fully saturated rings. The lowest BCUT2D eigenvalue weighted by molar-refractivity contribution is 0.660. The summed E-state index contributed by atoms with van der Waals surface area (Å²) >= 11 is 0. The van der Waals surface area contributed by atoms with Gasteiger partial charge in [0.1, 0.15) is 0 Å². The normalized spacial score (nSPS) is 13.3. The smallest absolute Gasteiger partial charge is 0.0626 e. The highest BCUT2D eigenvalue weighted by Gasteiger charge is 2.36. The van der Waals surface area contributed by atoms with Crippen LogP contribution in [0, 0.1) is 0 Å². The Balaban J connectivity index is 1.13. The van der Waals surface area contributed by atoms with Gasteiger partial charge < -0.3 is 4.57 Å². The first-order valence-electron chi connectivity index (χ1n) is 19.7. The molecule has 0 spiro atoms. The van der Waals surface area contributed by atoms with Gasteiger partial charge in [-0.3, -0.25) is 0 Å². The molecule has 1 heterocycles. The van der Waals surface area contributed by atoms with Crippen molar-refractivity contribution in [2.24, 2.45) is 0 Å². The van der Waals surface area contributed by atoms with Gasteiger partial charge in [-0.1, -0.05) is 172 Å². The summed E-state index contributed by atoms with van der Waals surface area (Å²) in [5.74, 6) is 0. The van der Waals surface area contributed by atoms with Crippen molar-refractivity contribution in [3.05, 3.63) is 199 Å². The highest BCUT2D eigenvalue weighted by molar-refractivity contribution is 6.38. The molecule has 0 radical (unpaired) electrons. The van der Waals surface area contributed by atoms with E-state index in [1.165, 1.54) is 115 Å². The minimum atomic E-state index is -0.182. The highest BCUT2D eigenvalue weighted by atomic mass is 15.0. The molecule has 1 aromatic heterocycles. The van der Waals surface area contributed by atoms with E-state index in [-0.39, 0.29) is 5.41 Å². The molecule has 0 unspecified atom stereocenters. The molecule has 1 aliphatic carbocycles. The van der Waals surface area contributed by atoms with Crippen LogP contribution >= 0.6 is 0 Å². The zero-order chi connectivity index (χ0) is 37.1. The lowest BCUT2D eigenvalue weighted by Gasteiger charge is -2.23. The van der Waals surface area contributed by atoms with E-state index in [0.29, 0.717) is 0 Å². The topological polar surface area (TPSA) is 4.93 Å². The first-order chi connectivity index (χ1) is 27.6. The molecular formula is C55H37N. The molecule has 11 aromatic rings. The van der Waals surface area contributed by atoms with Crippen molar-refractivity contribution in [3.8, 4) is 39.1 Å². The average Bonchev–Trinajstić information content (AvgIpc) is 3.72. The Bertz CT molecular complexity index is 3430. The zero-order valence-electron chi connectivity index (χ0n) is 31.3. The summed E-state index contributed by atoms with van der Waals surface area (Å²) in [6.45, 7) is 4.80. The van der Waals surface area contributed by atoms with Gasteiger partial charge in [0.15, 0.2) is 0 Å². The molecule has 10 aromatic carbocycles. The van der Waals surface area contributed by atoms with Crippen LogP contribution in [0.1, 0.15) is 25.0 Å². The number of aromatic nitrogens is 1. The zero-order valence-corrected chi connectivity index (χ0v) is 31.3. The summed E-state index contributed by atoms with van der Waals surface area (Å²) in [7, 11) is 0. The second-order valence-corrected chi connectivity index (χ2v) is 16.0. The Labute approximate surface area is 325 Å². The van der Waals surface area contributed by atoms with Crippen LogP contribution < -0.4 is 0 Å². The van der Waals surface area contributed by atoms with E-state index < -0.39 is 0 Å². The van der Waals surface area contributed by atoms with Crippen molar-refractivity contribution in [1.29, 1.82) is 0 Å². The SMILES string of the molecule is CC1(C)c2cc(-c3cccc4ccccc34)ccc2-c2ccc(-n3c4ccccc4c4c5c6ccccc6c(-c6ccccc6)cc5c5ccccc5c43)cc21. The number of hydrogen-bond donors (Lipinski definition) is 0. The van der Waals surface area contributed by atoms with Crippen molar-refractivity contribution in [1.82, 2.24) is 4.57 Å². The van der Waals surface area contributed by atoms with Crippen molar-refractivity contribution in [3.63, 3.8) is 0 Å². The van der Waals surface area contributed by atoms with Crippen LogP contribution in [0.3, 0.4) is 0 Å². The van der Waals surface area contributed by atoms with E-state index in [0.717, 1.165) is 0 Å². The summed E-state index contributed by atoms with van der Waals surface area (Å²) < 4.78 is 2.55. The largest absolute Gasteiger partial charge is 0.309 e. The van der Waals surface area contributed by atoms with Crippen molar-refractivity contribution < 1.29 is 0 Å². The molecule has 262 valence electrons. The number of fused-ring (bicyclic) bond motifs is 14. The lowest BCUT2D eigenvalue weighted by Crippen LogP contribution is -2.15. The summed E-state index contributed by atoms with van der Waals surface area (Å²) in [5.41, 5.74) is 14.0. The Morgan fingerprint density at radius 2 is 0.982 bits per heavy atom. The minimum Gasteiger partial charge on any atom is -0.309 e. The second kappa shape index (κ2) is 11.5. The van der Waals surface area contributed by atoms with Gasteiger partial charge in [0.05, 0.1) is 11.0 Å². The van der Waals surface area contributed by atoms with Crippen LogP contribution in [-0.2, 0) is 5.41 Å². The predicted octanol–water partition coefficient (Wildman–Crippen LogP) is 15.0. The fraction of sp³-hybridized carbons (Fsp3) is 0.0545. The number of para-hydroxylation sites is 1. The van der Waals surface area contributed by atoms with Crippen LogP contribution in [0.5, 0.6) is 0 Å². The molecule has 1 aliphatic rings. The molecule has 12 rings (SSSR count). The molecule has 0 N–H and O–H groups in total. The Kier molecular flexibility index (Phi) is 6.46. The van der Waals surface area contributed by atoms with E-state index in [9.17, 15) is 0 Å². The Hall–Kier alpha value is -6.96. The van der Waals surface area contributed by atoms with E-state index in [4.69, 9.17) is 0 Å². The summed E-state index contributed by atoms with van der Waals surface area (Å²) in [6.07, 6.45) is 0. The maximum absolute atomic E-state index is 2.55. The van der Waals surface area contributed by atoms with Crippen LogP contribution in [0.15, 0.2) is 188 Å². The van der Waals surface area contributed by atoms with Crippen molar-refractivity contribution >= 4 is 64.9 Å². The number of nitrogens with zero attached hydrogens (tertiary/aromatic N) is 1. The summed E-state index contributed by atoms with van der Waals surface area (Å²) in [5, 5.41) is 12.9. The maximum atomic E-state index is 2.55. The van der Waals surface area contributed by atoms with E-state index in [2.05, 4.69) is 206 Å². The monoisotopic (exact) mass is 711 g/mol. The standard InChI is InChI=1S/C55H37N/c1-55(2)49-31-36(39-25-14-18-34-17-6-7-19-38(34)39)27-29-42(49)43-30-28-37(32-50(43)55)56-51-26-13-12-24-46(51)53-52-44-22-10-8-20-40(44)47(35-15-4-3-5-16-35)33-48(52)41-21-9-11-23-45(41)54(53)56/h3-33H,1-2H3. The lowest BCUT2D eigenvalue weighted by atomic mass is 9.81. The molecule has 56 heavy (non-hydrogen) atoms. The summed E-state index contributed by atoms with van der Waals surface area (Å²) in [6, 6.07) is 70.1. The molecule has 0 atom stereocenters. The first-order valence-corrected chi connectivity index (χ1v) is 19.7. The van der Waals surface area contributed by atoms with Gasteiger partial charge in [-0.2, -0.15) is 0 Å². The van der Waals surface area contributed by atoms with Gasteiger partial charge in [0.25, 0.3) is 0 Å². The van der Waals surface area contributed by atoms with Gasteiger partial charge in [-0.15, -0.1) is 0 Å². The first kappa shape index (κ1) is 31.4. The number of hydrogen-bond acceptors (Lipinski definition) is 0. The number of rotatable bonds is 3. The van der Waals surface area contributed by atoms with Crippen LogP contribution in [0.25, 0.3) is 104 Å². The van der Waals surface area contributed by atoms with Gasteiger partial charge in [0, 0.05) is 32.6 Å². The fourth-order valence-corrected chi connectivity index (χ4v) is 10.2. The fourth-order valence-electron chi connectivity index (χ4n) is 10.2. The van der Waals surface area contributed by atoms with E-state index >= 15 is 0 Å². The van der Waals surface area contributed by atoms with Crippen LogP contribution in [0.4, 0.5) is 0 Å². The second-order valence-electron chi connectivity index (χ2n) is 16.0. The van der Waals surface area contributed by atoms with Gasteiger partial charge in [0.2, 0.25) is 0 Å². The summed E-state index contributed by atoms with van der Waals surface area (Å²) in [4.78, 5) is 0. The molecule has 1 nitrogen and oxygen atoms in total. The van der Waals surface area contributed by atoms with Gasteiger partial charge in [-0.05, 0) is 107 Å². The molecule has 1 heteroatoms. The van der Waals surface area contributed by atoms with Crippen molar-refractivity contribution in [2.45, 2.75) is 19.3 Å². The molecular weight excluding hydrogens is 675 g/mol. The van der Waals surface area contributed by atoms with Crippen LogP contribution in [-0.4, -0.2) is 4.57 Å². The number of benzene rings is 10. The third-order valence-electron chi connectivity index (χ3n) is 12.7.